The van der Waals surface area contributed by atoms with Crippen molar-refractivity contribution in [2.24, 2.45) is 5.92 Å². The Bertz CT molecular complexity index is 672. The molecule has 0 unspecified atom stereocenters. The fourth-order valence-corrected chi connectivity index (χ4v) is 3.82. The van der Waals surface area contributed by atoms with E-state index in [-0.39, 0.29) is 10.0 Å². The summed E-state index contributed by atoms with van der Waals surface area (Å²) in [6.45, 7) is 3.17. The van der Waals surface area contributed by atoms with Gasteiger partial charge in [-0.2, -0.15) is 0 Å². The molecule has 0 aromatic heterocycles. The summed E-state index contributed by atoms with van der Waals surface area (Å²) in [7, 11) is 0.949. The molecule has 0 spiro atoms. The normalized spacial score (nSPS) is 17.0. The molecule has 8 heteroatoms. The van der Waals surface area contributed by atoms with Gasteiger partial charge in [0.1, 0.15) is 4.90 Å². The molecule has 1 aromatic carbocycles. The zero-order valence-electron chi connectivity index (χ0n) is 11.3. The molecule has 21 heavy (non-hydrogen) atoms. The van der Waals surface area contributed by atoms with Crippen LogP contribution in [0.2, 0.25) is 0 Å². The lowest BCUT2D eigenvalue weighted by Gasteiger charge is -2.30. The fraction of sp³-hybridized carbons (Fsp3) is 0.462. The first-order valence-electron chi connectivity index (χ1n) is 6.43. The minimum absolute atomic E-state index is 0.279. The van der Waals surface area contributed by atoms with Crippen molar-refractivity contribution in [3.63, 3.8) is 0 Å². The first-order valence-corrected chi connectivity index (χ1v) is 9.53. The average molecular weight is 399 g/mol. The van der Waals surface area contributed by atoms with Crippen LogP contribution in [0.5, 0.6) is 0 Å². The number of benzene rings is 1. The molecule has 1 aliphatic rings. The van der Waals surface area contributed by atoms with Crippen LogP contribution in [-0.2, 0) is 9.05 Å². The molecule has 0 radical (unpaired) electrons. The maximum absolute atomic E-state index is 14.3. The predicted molar refractivity (Wildman–Crippen MR) is 81.4 cm³/mol. The molecule has 1 fully saturated rings. The summed E-state index contributed by atoms with van der Waals surface area (Å²) in [6, 6.07) is 2.33. The maximum atomic E-state index is 14.3. The van der Waals surface area contributed by atoms with Crippen molar-refractivity contribution < 1.29 is 17.6 Å². The fourth-order valence-electron chi connectivity index (χ4n) is 2.28. The molecule has 0 bridgehead atoms. The van der Waals surface area contributed by atoms with Gasteiger partial charge in [-0.05, 0) is 30.9 Å². The van der Waals surface area contributed by atoms with Crippen molar-refractivity contribution in [1.29, 1.82) is 0 Å². The second-order valence-electron chi connectivity index (χ2n) is 5.18. The van der Waals surface area contributed by atoms with Gasteiger partial charge in [-0.3, -0.25) is 4.79 Å². The molecular weight excluding hydrogens is 385 g/mol. The molecule has 4 nitrogen and oxygen atoms in total. The third-order valence-electron chi connectivity index (χ3n) is 3.57. The maximum Gasteiger partial charge on any atom is 0.264 e. The molecular formula is C13H14BrClFNO3S. The van der Waals surface area contributed by atoms with E-state index in [0.29, 0.717) is 19.0 Å². The van der Waals surface area contributed by atoms with Gasteiger partial charge < -0.3 is 4.90 Å². The van der Waals surface area contributed by atoms with Gasteiger partial charge in [-0.1, -0.05) is 22.9 Å². The summed E-state index contributed by atoms with van der Waals surface area (Å²) in [6.07, 6.45) is 1.70. The topological polar surface area (TPSA) is 54.5 Å². The van der Waals surface area contributed by atoms with E-state index in [0.717, 1.165) is 18.9 Å². The molecule has 0 aliphatic carbocycles. The van der Waals surface area contributed by atoms with E-state index in [9.17, 15) is 17.6 Å². The molecule has 1 heterocycles. The van der Waals surface area contributed by atoms with Crippen LogP contribution in [0.1, 0.15) is 30.1 Å². The van der Waals surface area contributed by atoms with Gasteiger partial charge in [0.25, 0.3) is 15.0 Å². The summed E-state index contributed by atoms with van der Waals surface area (Å²) in [4.78, 5) is 13.2. The number of nitrogens with zero attached hydrogens (tertiary/aromatic N) is 1. The summed E-state index contributed by atoms with van der Waals surface area (Å²) in [5.74, 6) is -1.08. The average Bonchev–Trinajstić information content (AvgIpc) is 2.40. The SMILES string of the molecule is CC1CCN(C(=O)c2cc(Br)cc(S(=O)(=O)Cl)c2F)CC1. The molecule has 1 amide bonds. The Morgan fingerprint density at radius 3 is 2.48 bits per heavy atom. The summed E-state index contributed by atoms with van der Waals surface area (Å²) >= 11 is 3.08. The molecule has 0 saturated carbocycles. The molecule has 0 atom stereocenters. The Labute approximate surface area is 135 Å². The molecule has 1 aromatic rings. The van der Waals surface area contributed by atoms with Gasteiger partial charge in [-0.15, -0.1) is 0 Å². The zero-order chi connectivity index (χ0) is 15.8. The number of piperidine rings is 1. The van der Waals surface area contributed by atoms with E-state index in [2.05, 4.69) is 22.9 Å². The van der Waals surface area contributed by atoms with Crippen molar-refractivity contribution in [2.45, 2.75) is 24.7 Å². The Balaban J connectivity index is 2.40. The Kier molecular flexibility index (Phi) is 4.95. The summed E-state index contributed by atoms with van der Waals surface area (Å²) in [5.41, 5.74) is -0.279. The second-order valence-corrected chi connectivity index (χ2v) is 8.63. The standard InChI is InChI=1S/C13H14BrClFNO3S/c1-8-2-4-17(5-3-8)13(18)10-6-9(14)7-11(12(10)16)21(15,19)20/h6-8H,2-5H2,1H3. The first kappa shape index (κ1) is 16.7. The highest BCUT2D eigenvalue weighted by molar-refractivity contribution is 9.10. The van der Waals surface area contributed by atoms with Crippen LogP contribution in [0, 0.1) is 11.7 Å². The summed E-state index contributed by atoms with van der Waals surface area (Å²) < 4.78 is 37.3. The van der Waals surface area contributed by atoms with Crippen molar-refractivity contribution in [2.75, 3.05) is 13.1 Å². The number of hydrogen-bond acceptors (Lipinski definition) is 3. The van der Waals surface area contributed by atoms with Crippen LogP contribution >= 0.6 is 26.6 Å². The van der Waals surface area contributed by atoms with Crippen LogP contribution < -0.4 is 0 Å². The van der Waals surface area contributed by atoms with E-state index in [4.69, 9.17) is 10.7 Å². The van der Waals surface area contributed by atoms with Crippen LogP contribution in [0.15, 0.2) is 21.5 Å². The quantitative estimate of drug-likeness (QED) is 0.718. The van der Waals surface area contributed by atoms with E-state index in [1.807, 2.05) is 0 Å². The van der Waals surface area contributed by atoms with Gasteiger partial charge in [0, 0.05) is 28.2 Å². The van der Waals surface area contributed by atoms with E-state index < -0.39 is 25.7 Å². The first-order chi connectivity index (χ1) is 9.70. The van der Waals surface area contributed by atoms with Crippen molar-refractivity contribution in [3.05, 3.63) is 28.0 Å². The van der Waals surface area contributed by atoms with Gasteiger partial charge >= 0.3 is 0 Å². The Hall–Kier alpha value is -0.660. The smallest absolute Gasteiger partial charge is 0.264 e. The lowest BCUT2D eigenvalue weighted by atomic mass is 9.98. The lowest BCUT2D eigenvalue weighted by Crippen LogP contribution is -2.38. The van der Waals surface area contributed by atoms with Gasteiger partial charge in [0.15, 0.2) is 5.82 Å². The monoisotopic (exact) mass is 397 g/mol. The molecule has 116 valence electrons. The molecule has 1 saturated heterocycles. The van der Waals surface area contributed by atoms with E-state index in [1.54, 1.807) is 0 Å². The van der Waals surface area contributed by atoms with E-state index >= 15 is 0 Å². The third kappa shape index (κ3) is 3.76. The highest BCUT2D eigenvalue weighted by Gasteiger charge is 2.28. The van der Waals surface area contributed by atoms with E-state index in [1.165, 1.54) is 11.0 Å². The number of carbonyl (C=O) groups is 1. The number of rotatable bonds is 2. The Morgan fingerprint density at radius 1 is 1.38 bits per heavy atom. The number of hydrogen-bond donors (Lipinski definition) is 0. The van der Waals surface area contributed by atoms with Gasteiger partial charge in [0.2, 0.25) is 0 Å². The molecule has 1 aliphatic heterocycles. The largest absolute Gasteiger partial charge is 0.339 e. The van der Waals surface area contributed by atoms with Crippen molar-refractivity contribution >= 4 is 41.6 Å². The van der Waals surface area contributed by atoms with Crippen molar-refractivity contribution in [3.8, 4) is 0 Å². The predicted octanol–water partition coefficient (Wildman–Crippen LogP) is 3.39. The molecule has 2 rings (SSSR count). The highest BCUT2D eigenvalue weighted by Crippen LogP contribution is 2.28. The zero-order valence-corrected chi connectivity index (χ0v) is 14.4. The summed E-state index contributed by atoms with van der Waals surface area (Å²) in [5, 5.41) is 0. The van der Waals surface area contributed by atoms with Gasteiger partial charge in [0.05, 0.1) is 5.56 Å². The second kappa shape index (κ2) is 6.22. The third-order valence-corrected chi connectivity index (χ3v) is 5.35. The van der Waals surface area contributed by atoms with Crippen LogP contribution in [-0.4, -0.2) is 32.3 Å². The minimum Gasteiger partial charge on any atom is -0.339 e. The van der Waals surface area contributed by atoms with Crippen molar-refractivity contribution in [1.82, 2.24) is 4.90 Å². The number of carbonyl (C=O) groups excluding carboxylic acids is 1. The number of likely N-dealkylation sites (tertiary alicyclic amines) is 1. The minimum atomic E-state index is -4.26. The highest BCUT2D eigenvalue weighted by atomic mass is 79.9. The lowest BCUT2D eigenvalue weighted by molar-refractivity contribution is 0.0692. The van der Waals surface area contributed by atoms with Crippen LogP contribution in [0.25, 0.3) is 0 Å². The molecule has 0 N–H and O–H groups in total. The Morgan fingerprint density at radius 2 is 1.95 bits per heavy atom. The van der Waals surface area contributed by atoms with Crippen LogP contribution in [0.4, 0.5) is 4.39 Å². The number of amides is 1. The van der Waals surface area contributed by atoms with Crippen LogP contribution in [0.3, 0.4) is 0 Å². The number of halogens is 3. The van der Waals surface area contributed by atoms with Gasteiger partial charge in [-0.25, -0.2) is 12.8 Å².